The second-order valence-electron chi connectivity index (χ2n) is 3.16. The summed E-state index contributed by atoms with van der Waals surface area (Å²) < 4.78 is 0. The molecule has 0 aliphatic rings. The highest BCUT2D eigenvalue weighted by molar-refractivity contribution is 5.84. The maximum Gasteiger partial charge on any atom is 0.126 e. The predicted molar refractivity (Wildman–Crippen MR) is 61.0 cm³/mol. The summed E-state index contributed by atoms with van der Waals surface area (Å²) in [6, 6.07) is 5.29. The van der Waals surface area contributed by atoms with Crippen molar-refractivity contribution in [2.75, 3.05) is 18.0 Å². The lowest BCUT2D eigenvalue weighted by molar-refractivity contribution is 0.321. The van der Waals surface area contributed by atoms with Crippen LogP contribution in [0.3, 0.4) is 0 Å². The molecule has 0 radical (unpaired) electrons. The molecule has 4 nitrogen and oxygen atoms in total. The van der Waals surface area contributed by atoms with Gasteiger partial charge in [0.1, 0.15) is 5.75 Å². The van der Waals surface area contributed by atoms with E-state index in [-0.39, 0.29) is 5.75 Å². The van der Waals surface area contributed by atoms with Crippen LogP contribution < -0.4 is 4.90 Å². The van der Waals surface area contributed by atoms with E-state index in [1.807, 2.05) is 6.07 Å². The molecular weight excluding hydrogens is 192 g/mol. The molecule has 4 heteroatoms. The molecule has 15 heavy (non-hydrogen) atoms. The minimum atomic E-state index is 0.122. The molecule has 0 atom stereocenters. The molecule has 0 spiro atoms. The molecule has 0 bridgehead atoms. The lowest BCUT2D eigenvalue weighted by atomic mass is 10.2. The summed E-state index contributed by atoms with van der Waals surface area (Å²) in [6.45, 7) is 5.90. The van der Waals surface area contributed by atoms with Gasteiger partial charge in [0.25, 0.3) is 0 Å². The molecule has 1 rings (SSSR count). The second kappa shape index (κ2) is 5.24. The first-order valence-corrected chi connectivity index (χ1v) is 4.98. The molecule has 0 unspecified atom stereocenters. The molecule has 82 valence electrons. The highest BCUT2D eigenvalue weighted by Crippen LogP contribution is 2.23. The zero-order valence-electron chi connectivity index (χ0n) is 9.01. The fourth-order valence-electron chi connectivity index (χ4n) is 1.49. The molecule has 0 aliphatic carbocycles. The first-order chi connectivity index (χ1) is 7.22. The van der Waals surface area contributed by atoms with Crippen LogP contribution in [0.5, 0.6) is 5.75 Å². The number of benzene rings is 1. The molecule has 1 aromatic carbocycles. The third-order valence-corrected chi connectivity index (χ3v) is 2.34. The summed E-state index contributed by atoms with van der Waals surface area (Å²) in [4.78, 5) is 2.12. The number of hydrogen-bond donors (Lipinski definition) is 2. The van der Waals surface area contributed by atoms with Crippen LogP contribution in [0.25, 0.3) is 0 Å². The predicted octanol–water partition coefficient (Wildman–Crippen LogP) is 2.05. The van der Waals surface area contributed by atoms with Crippen LogP contribution in [-0.4, -0.2) is 29.6 Å². The summed E-state index contributed by atoms with van der Waals surface area (Å²) in [5.41, 5.74) is 1.47. The van der Waals surface area contributed by atoms with Crippen molar-refractivity contribution in [3.63, 3.8) is 0 Å². The molecule has 0 aromatic heterocycles. The van der Waals surface area contributed by atoms with E-state index in [1.165, 1.54) is 6.21 Å². The van der Waals surface area contributed by atoms with Crippen LogP contribution in [0.2, 0.25) is 0 Å². The molecule has 0 amide bonds. The van der Waals surface area contributed by atoms with E-state index in [9.17, 15) is 5.11 Å². The molecule has 0 heterocycles. The van der Waals surface area contributed by atoms with E-state index in [0.29, 0.717) is 5.56 Å². The van der Waals surface area contributed by atoms with Crippen molar-refractivity contribution in [1.82, 2.24) is 0 Å². The third kappa shape index (κ3) is 2.62. The number of anilines is 1. The maximum absolute atomic E-state index is 9.63. The van der Waals surface area contributed by atoms with Crippen molar-refractivity contribution in [2.24, 2.45) is 5.16 Å². The van der Waals surface area contributed by atoms with Crippen molar-refractivity contribution in [3.8, 4) is 5.75 Å². The molecular formula is C11H16N2O2. The Kier molecular flexibility index (Phi) is 3.97. The van der Waals surface area contributed by atoms with E-state index < -0.39 is 0 Å². The van der Waals surface area contributed by atoms with E-state index in [4.69, 9.17) is 5.21 Å². The number of rotatable bonds is 4. The Morgan fingerprint density at radius 1 is 1.33 bits per heavy atom. The van der Waals surface area contributed by atoms with Crippen molar-refractivity contribution in [3.05, 3.63) is 23.8 Å². The summed E-state index contributed by atoms with van der Waals surface area (Å²) in [6.07, 6.45) is 1.21. The van der Waals surface area contributed by atoms with Gasteiger partial charge in [0.05, 0.1) is 6.21 Å². The van der Waals surface area contributed by atoms with Gasteiger partial charge in [-0.15, -0.1) is 0 Å². The molecule has 0 fully saturated rings. The number of hydrogen-bond acceptors (Lipinski definition) is 4. The molecule has 0 saturated carbocycles. The lowest BCUT2D eigenvalue weighted by Gasteiger charge is -2.21. The Morgan fingerprint density at radius 3 is 2.47 bits per heavy atom. The Balaban J connectivity index is 2.99. The van der Waals surface area contributed by atoms with Gasteiger partial charge in [-0.05, 0) is 26.0 Å². The minimum absolute atomic E-state index is 0.122. The van der Waals surface area contributed by atoms with Gasteiger partial charge >= 0.3 is 0 Å². The largest absolute Gasteiger partial charge is 0.507 e. The van der Waals surface area contributed by atoms with Gasteiger partial charge in [-0.1, -0.05) is 5.16 Å². The first kappa shape index (κ1) is 11.4. The fraction of sp³-hybridized carbons (Fsp3) is 0.364. The molecule has 1 aromatic rings. The summed E-state index contributed by atoms with van der Waals surface area (Å²) >= 11 is 0. The maximum atomic E-state index is 9.63. The van der Waals surface area contributed by atoms with Gasteiger partial charge in [-0.3, -0.25) is 0 Å². The Hall–Kier alpha value is -1.71. The zero-order valence-corrected chi connectivity index (χ0v) is 9.01. The minimum Gasteiger partial charge on any atom is -0.507 e. The monoisotopic (exact) mass is 208 g/mol. The van der Waals surface area contributed by atoms with Crippen LogP contribution in [0.1, 0.15) is 19.4 Å². The van der Waals surface area contributed by atoms with Crippen molar-refractivity contribution < 1.29 is 10.3 Å². The first-order valence-electron chi connectivity index (χ1n) is 4.98. The van der Waals surface area contributed by atoms with E-state index in [2.05, 4.69) is 23.9 Å². The van der Waals surface area contributed by atoms with Crippen LogP contribution >= 0.6 is 0 Å². The van der Waals surface area contributed by atoms with Crippen molar-refractivity contribution in [2.45, 2.75) is 13.8 Å². The van der Waals surface area contributed by atoms with E-state index in [0.717, 1.165) is 18.8 Å². The lowest BCUT2D eigenvalue weighted by Crippen LogP contribution is -2.21. The number of nitrogens with zero attached hydrogens (tertiary/aromatic N) is 2. The third-order valence-electron chi connectivity index (χ3n) is 2.34. The Morgan fingerprint density at radius 2 is 2.00 bits per heavy atom. The van der Waals surface area contributed by atoms with Crippen LogP contribution in [0.4, 0.5) is 5.69 Å². The second-order valence-corrected chi connectivity index (χ2v) is 3.16. The van der Waals surface area contributed by atoms with Gasteiger partial charge in [-0.2, -0.15) is 0 Å². The Labute approximate surface area is 89.5 Å². The molecule has 0 saturated heterocycles. The SMILES string of the molecule is CCN(CC)c1ccc(C=NO)c(O)c1. The Bertz CT molecular complexity index is 346. The topological polar surface area (TPSA) is 56.1 Å². The number of phenolic OH excluding ortho intramolecular Hbond substituents is 1. The van der Waals surface area contributed by atoms with Crippen molar-refractivity contribution in [1.29, 1.82) is 0 Å². The average molecular weight is 208 g/mol. The standard InChI is InChI=1S/C11H16N2O2/c1-3-13(4-2)10-6-5-9(8-12-15)11(14)7-10/h5-8,14-15H,3-4H2,1-2H3. The van der Waals surface area contributed by atoms with Gasteiger partial charge in [0, 0.05) is 30.4 Å². The quantitative estimate of drug-likeness (QED) is 0.452. The number of aromatic hydroxyl groups is 1. The normalized spacial score (nSPS) is 10.8. The van der Waals surface area contributed by atoms with Gasteiger partial charge in [0.2, 0.25) is 0 Å². The smallest absolute Gasteiger partial charge is 0.126 e. The van der Waals surface area contributed by atoms with Gasteiger partial charge < -0.3 is 15.2 Å². The van der Waals surface area contributed by atoms with Crippen LogP contribution in [-0.2, 0) is 0 Å². The van der Waals surface area contributed by atoms with E-state index >= 15 is 0 Å². The van der Waals surface area contributed by atoms with Gasteiger partial charge in [-0.25, -0.2) is 0 Å². The highest BCUT2D eigenvalue weighted by Gasteiger charge is 2.05. The highest BCUT2D eigenvalue weighted by atomic mass is 16.4. The average Bonchev–Trinajstić information content (AvgIpc) is 2.24. The number of phenols is 1. The van der Waals surface area contributed by atoms with Crippen LogP contribution in [0, 0.1) is 0 Å². The van der Waals surface area contributed by atoms with E-state index in [1.54, 1.807) is 12.1 Å². The molecule has 2 N–H and O–H groups in total. The summed E-state index contributed by atoms with van der Waals surface area (Å²) in [5, 5.41) is 20.9. The fourth-order valence-corrected chi connectivity index (χ4v) is 1.49. The summed E-state index contributed by atoms with van der Waals surface area (Å²) in [5.74, 6) is 0.122. The zero-order chi connectivity index (χ0) is 11.3. The summed E-state index contributed by atoms with van der Waals surface area (Å²) in [7, 11) is 0. The number of oxime groups is 1. The molecule has 0 aliphatic heterocycles. The van der Waals surface area contributed by atoms with Crippen LogP contribution in [0.15, 0.2) is 23.4 Å². The van der Waals surface area contributed by atoms with Gasteiger partial charge in [0.15, 0.2) is 0 Å². The van der Waals surface area contributed by atoms with Crippen molar-refractivity contribution >= 4 is 11.9 Å².